The zero-order valence-corrected chi connectivity index (χ0v) is 5.62. The quantitative estimate of drug-likeness (QED) is 0.484. The van der Waals surface area contributed by atoms with Crippen LogP contribution in [0.25, 0.3) is 0 Å². The fourth-order valence-corrected chi connectivity index (χ4v) is 1.07. The lowest BCUT2D eigenvalue weighted by Gasteiger charge is -2.20. The molecule has 0 fully saturated rings. The molecule has 2 aliphatic heterocycles. The van der Waals surface area contributed by atoms with E-state index in [1.165, 1.54) is 5.70 Å². The monoisotopic (exact) mass is 130 g/mol. The van der Waals surface area contributed by atoms with Gasteiger partial charge in [-0.2, -0.15) is 0 Å². The van der Waals surface area contributed by atoms with Crippen molar-refractivity contribution >= 4 is 0 Å². The summed E-state index contributed by atoms with van der Waals surface area (Å²) in [6, 6.07) is 0. The van der Waals surface area contributed by atoms with E-state index in [1.807, 2.05) is 29.3 Å². The molecule has 0 aliphatic carbocycles. The third kappa shape index (κ3) is 0.798. The second-order valence-corrected chi connectivity index (χ2v) is 2.27. The molecule has 0 spiro atoms. The second-order valence-electron chi connectivity index (χ2n) is 2.27. The van der Waals surface area contributed by atoms with Crippen LogP contribution in [-0.4, -0.2) is 4.90 Å². The summed E-state index contributed by atoms with van der Waals surface area (Å²) in [7, 11) is 0. The number of hydrogen-bond donors (Lipinski definition) is 0. The van der Waals surface area contributed by atoms with Crippen LogP contribution in [-0.2, 0) is 0 Å². The van der Waals surface area contributed by atoms with E-state index in [9.17, 15) is 0 Å². The second kappa shape index (κ2) is 2.18. The van der Waals surface area contributed by atoms with Crippen LogP contribution >= 0.6 is 0 Å². The zero-order valence-electron chi connectivity index (χ0n) is 5.62. The molecule has 0 saturated heterocycles. The Kier molecular flexibility index (Phi) is 1.21. The molecule has 0 bridgehead atoms. The van der Waals surface area contributed by atoms with E-state index in [4.69, 9.17) is 0 Å². The van der Waals surface area contributed by atoms with Crippen molar-refractivity contribution in [2.24, 2.45) is 0 Å². The standard InChI is InChI=1S/C9H8N/c1-3-7-10-8-4-2-6-9(10)5-1/h1,3-7H,2H2. The van der Waals surface area contributed by atoms with Crippen LogP contribution in [0.1, 0.15) is 6.42 Å². The first kappa shape index (κ1) is 5.54. The third-order valence-corrected chi connectivity index (χ3v) is 1.57. The fourth-order valence-electron chi connectivity index (χ4n) is 1.07. The van der Waals surface area contributed by atoms with Crippen molar-refractivity contribution < 1.29 is 0 Å². The molecule has 1 heteroatoms. The molecule has 0 aromatic heterocycles. The molecular weight excluding hydrogens is 122 g/mol. The topological polar surface area (TPSA) is 3.24 Å². The molecule has 2 heterocycles. The minimum absolute atomic E-state index is 1.00. The van der Waals surface area contributed by atoms with Crippen LogP contribution in [0, 0.1) is 6.20 Å². The van der Waals surface area contributed by atoms with Crippen LogP contribution in [0.5, 0.6) is 0 Å². The van der Waals surface area contributed by atoms with E-state index >= 15 is 0 Å². The number of allylic oxidation sites excluding steroid dienone is 5. The number of nitrogens with zero attached hydrogens (tertiary/aromatic N) is 1. The largest absolute Gasteiger partial charge is 0.316 e. The highest BCUT2D eigenvalue weighted by Crippen LogP contribution is 2.16. The smallest absolute Gasteiger partial charge is 0.0656 e. The van der Waals surface area contributed by atoms with Crippen molar-refractivity contribution in [3.05, 3.63) is 48.5 Å². The van der Waals surface area contributed by atoms with Crippen molar-refractivity contribution in [1.29, 1.82) is 0 Å². The van der Waals surface area contributed by atoms with Gasteiger partial charge in [0, 0.05) is 11.9 Å². The maximum Gasteiger partial charge on any atom is 0.0656 e. The molecular formula is C9H8N. The van der Waals surface area contributed by atoms with Gasteiger partial charge in [-0.15, -0.1) is 0 Å². The van der Waals surface area contributed by atoms with Crippen molar-refractivity contribution in [1.82, 2.24) is 4.90 Å². The van der Waals surface area contributed by atoms with Gasteiger partial charge in [-0.1, -0.05) is 18.2 Å². The highest BCUT2D eigenvalue weighted by atomic mass is 15.1. The number of rotatable bonds is 0. The third-order valence-electron chi connectivity index (χ3n) is 1.57. The molecule has 1 radical (unpaired) electrons. The molecule has 1 nitrogen and oxygen atoms in total. The van der Waals surface area contributed by atoms with Gasteiger partial charge in [-0.05, 0) is 18.6 Å². The highest BCUT2D eigenvalue weighted by Gasteiger charge is 2.04. The molecule has 0 unspecified atom stereocenters. The molecule has 10 heavy (non-hydrogen) atoms. The van der Waals surface area contributed by atoms with Crippen molar-refractivity contribution in [2.75, 3.05) is 0 Å². The summed E-state index contributed by atoms with van der Waals surface area (Å²) < 4.78 is 0. The molecule has 0 aromatic rings. The molecule has 49 valence electrons. The Bertz CT molecular complexity index is 243. The summed E-state index contributed by atoms with van der Waals surface area (Å²) in [5.41, 5.74) is 1.23. The normalized spacial score (nSPS) is 20.8. The summed E-state index contributed by atoms with van der Waals surface area (Å²) in [5, 5.41) is 0. The Labute approximate surface area is 60.6 Å². The summed E-state index contributed by atoms with van der Waals surface area (Å²) in [6.45, 7) is 0. The minimum atomic E-state index is 1.00. The first-order valence-corrected chi connectivity index (χ1v) is 3.39. The summed E-state index contributed by atoms with van der Waals surface area (Å²) in [6.07, 6.45) is 16.5. The van der Waals surface area contributed by atoms with Gasteiger partial charge in [0.15, 0.2) is 0 Å². The van der Waals surface area contributed by atoms with E-state index in [1.54, 1.807) is 0 Å². The van der Waals surface area contributed by atoms with Gasteiger partial charge < -0.3 is 4.90 Å². The van der Waals surface area contributed by atoms with Crippen molar-refractivity contribution in [2.45, 2.75) is 6.42 Å². The Balaban J connectivity index is 2.33. The van der Waals surface area contributed by atoms with Crippen molar-refractivity contribution in [3.63, 3.8) is 0 Å². The van der Waals surface area contributed by atoms with E-state index < -0.39 is 0 Å². The highest BCUT2D eigenvalue weighted by molar-refractivity contribution is 5.30. The predicted molar refractivity (Wildman–Crippen MR) is 40.6 cm³/mol. The molecule has 0 amide bonds. The number of fused-ring (bicyclic) bond motifs is 1. The molecule has 0 saturated carbocycles. The molecule has 2 rings (SSSR count). The van der Waals surface area contributed by atoms with Gasteiger partial charge in [0.2, 0.25) is 0 Å². The van der Waals surface area contributed by atoms with Crippen LogP contribution in [0.15, 0.2) is 42.3 Å². The van der Waals surface area contributed by atoms with E-state index in [2.05, 4.69) is 18.4 Å². The van der Waals surface area contributed by atoms with Crippen molar-refractivity contribution in [3.8, 4) is 0 Å². The first-order valence-electron chi connectivity index (χ1n) is 3.39. The van der Waals surface area contributed by atoms with Gasteiger partial charge in [0.25, 0.3) is 0 Å². The average Bonchev–Trinajstić information content (AvgIpc) is 2.05. The Morgan fingerprint density at radius 2 is 2.40 bits per heavy atom. The maximum atomic E-state index is 3.12. The van der Waals surface area contributed by atoms with E-state index in [0.717, 1.165) is 6.42 Å². The fraction of sp³-hybridized carbons (Fsp3) is 0.111. The van der Waals surface area contributed by atoms with Crippen LogP contribution < -0.4 is 0 Å². The van der Waals surface area contributed by atoms with Gasteiger partial charge >= 0.3 is 0 Å². The molecule has 2 aliphatic rings. The first-order chi connectivity index (χ1) is 4.97. The number of hydrogen-bond acceptors (Lipinski definition) is 1. The Morgan fingerprint density at radius 1 is 1.40 bits per heavy atom. The molecule has 0 aromatic carbocycles. The lowest BCUT2D eigenvalue weighted by molar-refractivity contribution is 0.602. The summed E-state index contributed by atoms with van der Waals surface area (Å²) in [4.78, 5) is 1.99. The van der Waals surface area contributed by atoms with Gasteiger partial charge in [-0.25, -0.2) is 0 Å². The maximum absolute atomic E-state index is 3.12. The van der Waals surface area contributed by atoms with Gasteiger partial charge in [-0.3, -0.25) is 0 Å². The SMILES string of the molecule is [C]1=CCC=C2C=CC=CN12. The van der Waals surface area contributed by atoms with E-state index in [-0.39, 0.29) is 0 Å². The van der Waals surface area contributed by atoms with Crippen LogP contribution in [0.4, 0.5) is 0 Å². The van der Waals surface area contributed by atoms with E-state index in [0.29, 0.717) is 0 Å². The lowest BCUT2D eigenvalue weighted by Crippen LogP contribution is -2.12. The summed E-state index contributed by atoms with van der Waals surface area (Å²) in [5.74, 6) is 0. The average molecular weight is 130 g/mol. The predicted octanol–water partition coefficient (Wildman–Crippen LogP) is 1.98. The van der Waals surface area contributed by atoms with Gasteiger partial charge in [0.1, 0.15) is 0 Å². The lowest BCUT2D eigenvalue weighted by atomic mass is 10.2. The zero-order chi connectivity index (χ0) is 6.81. The Hall–Kier alpha value is -1.24. The minimum Gasteiger partial charge on any atom is -0.316 e. The molecule has 0 N–H and O–H groups in total. The van der Waals surface area contributed by atoms with Gasteiger partial charge in [0.05, 0.1) is 6.20 Å². The Morgan fingerprint density at radius 3 is 3.30 bits per heavy atom. The molecule has 0 atom stereocenters. The summed E-state index contributed by atoms with van der Waals surface area (Å²) >= 11 is 0. The van der Waals surface area contributed by atoms with Crippen LogP contribution in [0.2, 0.25) is 0 Å². The van der Waals surface area contributed by atoms with Crippen LogP contribution in [0.3, 0.4) is 0 Å².